The molecule has 0 unspecified atom stereocenters. The van der Waals surface area contributed by atoms with E-state index in [4.69, 9.17) is 4.74 Å². The standard InChI is InChI=1S/C12H9BrN2O5/c1-18-10-7-4-2-3-5-9(7)14-6-8(10)11(16)15-20-12(17)19-13/h2-6H,1H3,(H,15,16). The van der Waals surface area contributed by atoms with Crippen molar-refractivity contribution in [3.63, 3.8) is 0 Å². The summed E-state index contributed by atoms with van der Waals surface area (Å²) >= 11 is 2.42. The quantitative estimate of drug-likeness (QED) is 0.844. The number of carbonyl (C=O) groups is 2. The number of pyridine rings is 1. The van der Waals surface area contributed by atoms with Crippen LogP contribution < -0.4 is 10.2 Å². The number of aromatic nitrogens is 1. The van der Waals surface area contributed by atoms with Gasteiger partial charge in [-0.25, -0.2) is 4.79 Å². The lowest BCUT2D eigenvalue weighted by molar-refractivity contribution is 0.0431. The summed E-state index contributed by atoms with van der Waals surface area (Å²) in [7, 11) is 1.44. The zero-order valence-electron chi connectivity index (χ0n) is 10.3. The molecule has 0 aliphatic rings. The van der Waals surface area contributed by atoms with E-state index < -0.39 is 12.1 Å². The summed E-state index contributed by atoms with van der Waals surface area (Å²) in [6.07, 6.45) is 0.227. The van der Waals surface area contributed by atoms with E-state index in [0.29, 0.717) is 16.7 Å². The molecule has 2 aromatic rings. The topological polar surface area (TPSA) is 86.8 Å². The summed E-state index contributed by atoms with van der Waals surface area (Å²) in [5.74, 6) is -0.345. The number of benzene rings is 1. The fraction of sp³-hybridized carbons (Fsp3) is 0.0833. The van der Waals surface area contributed by atoms with Crippen LogP contribution in [-0.2, 0) is 8.67 Å². The van der Waals surface area contributed by atoms with Crippen LogP contribution in [0.2, 0.25) is 0 Å². The number of hydrogen-bond donors (Lipinski definition) is 1. The van der Waals surface area contributed by atoms with E-state index >= 15 is 0 Å². The van der Waals surface area contributed by atoms with E-state index in [0.717, 1.165) is 0 Å². The third kappa shape index (κ3) is 2.80. The van der Waals surface area contributed by atoms with Crippen LogP contribution in [0, 0.1) is 0 Å². The number of carbonyl (C=O) groups excluding carboxylic acids is 2. The van der Waals surface area contributed by atoms with Crippen LogP contribution in [0.1, 0.15) is 10.4 Å². The Morgan fingerprint density at radius 1 is 1.30 bits per heavy atom. The first-order valence-electron chi connectivity index (χ1n) is 5.39. The van der Waals surface area contributed by atoms with Crippen molar-refractivity contribution in [2.75, 3.05) is 7.11 Å². The first-order valence-corrected chi connectivity index (χ1v) is 6.03. The normalized spacial score (nSPS) is 9.90. The Bertz CT molecular complexity index is 661. The van der Waals surface area contributed by atoms with Crippen molar-refractivity contribution in [2.45, 2.75) is 0 Å². The monoisotopic (exact) mass is 340 g/mol. The van der Waals surface area contributed by atoms with Gasteiger partial charge in [0.05, 0.1) is 12.6 Å². The lowest BCUT2D eigenvalue weighted by atomic mass is 10.1. The molecule has 2 rings (SSSR count). The third-order valence-electron chi connectivity index (χ3n) is 2.46. The van der Waals surface area contributed by atoms with Crippen LogP contribution in [0.25, 0.3) is 10.9 Å². The Labute approximate surface area is 122 Å². The highest BCUT2D eigenvalue weighted by Gasteiger charge is 2.17. The summed E-state index contributed by atoms with van der Waals surface area (Å²) in [6, 6.07) is 7.18. The van der Waals surface area contributed by atoms with Crippen LogP contribution in [0.4, 0.5) is 4.79 Å². The van der Waals surface area contributed by atoms with Crippen LogP contribution in [0.15, 0.2) is 30.5 Å². The average Bonchev–Trinajstić information content (AvgIpc) is 2.50. The van der Waals surface area contributed by atoms with E-state index in [2.05, 4.69) is 29.9 Å². The predicted octanol–water partition coefficient (Wildman–Crippen LogP) is 2.35. The molecular weight excluding hydrogens is 332 g/mol. The number of nitrogens with zero attached hydrogens (tertiary/aromatic N) is 1. The molecule has 20 heavy (non-hydrogen) atoms. The van der Waals surface area contributed by atoms with Gasteiger partial charge < -0.3 is 13.4 Å². The summed E-state index contributed by atoms with van der Waals surface area (Å²) in [5, 5.41) is 0.672. The van der Waals surface area contributed by atoms with Gasteiger partial charge in [0.25, 0.3) is 5.91 Å². The second kappa shape index (κ2) is 6.20. The second-order valence-electron chi connectivity index (χ2n) is 3.58. The maximum Gasteiger partial charge on any atom is 0.545 e. The molecule has 0 atom stereocenters. The van der Waals surface area contributed by atoms with E-state index in [1.807, 2.05) is 11.5 Å². The molecule has 8 heteroatoms. The molecule has 0 radical (unpaired) electrons. The number of nitrogens with one attached hydrogen (secondary N) is 1. The highest BCUT2D eigenvalue weighted by Crippen LogP contribution is 2.27. The van der Waals surface area contributed by atoms with E-state index in [9.17, 15) is 9.59 Å². The van der Waals surface area contributed by atoms with Crippen molar-refractivity contribution in [3.05, 3.63) is 36.0 Å². The number of rotatable bonds is 2. The van der Waals surface area contributed by atoms with Gasteiger partial charge in [-0.1, -0.05) is 12.1 Å². The van der Waals surface area contributed by atoms with Crippen molar-refractivity contribution in [3.8, 4) is 5.75 Å². The predicted molar refractivity (Wildman–Crippen MR) is 72.3 cm³/mol. The average molecular weight is 341 g/mol. The van der Waals surface area contributed by atoms with Gasteiger partial charge in [-0.2, -0.15) is 5.48 Å². The van der Waals surface area contributed by atoms with Crippen molar-refractivity contribution in [1.29, 1.82) is 0 Å². The Morgan fingerprint density at radius 2 is 2.05 bits per heavy atom. The largest absolute Gasteiger partial charge is 0.545 e. The Hall–Kier alpha value is -2.35. The van der Waals surface area contributed by atoms with Crippen molar-refractivity contribution < 1.29 is 23.0 Å². The van der Waals surface area contributed by atoms with Gasteiger partial charge in [0, 0.05) is 11.6 Å². The van der Waals surface area contributed by atoms with Gasteiger partial charge in [0.2, 0.25) is 0 Å². The number of amides is 1. The smallest absolute Gasteiger partial charge is 0.495 e. The van der Waals surface area contributed by atoms with Crippen LogP contribution in [0.3, 0.4) is 0 Å². The number of fused-ring (bicyclic) bond motifs is 1. The van der Waals surface area contributed by atoms with Crippen molar-refractivity contribution in [2.24, 2.45) is 0 Å². The molecule has 0 aliphatic carbocycles. The summed E-state index contributed by atoms with van der Waals surface area (Å²) in [5.41, 5.74) is 2.74. The van der Waals surface area contributed by atoms with Crippen molar-refractivity contribution >= 4 is 39.2 Å². The number of hydroxylamine groups is 1. The Balaban J connectivity index is 2.34. The molecule has 0 bridgehead atoms. The molecule has 1 aromatic carbocycles. The molecule has 0 saturated carbocycles. The number of hydrogen-bond acceptors (Lipinski definition) is 6. The van der Waals surface area contributed by atoms with Gasteiger partial charge in [-0.05, 0) is 12.1 Å². The highest BCUT2D eigenvalue weighted by molar-refractivity contribution is 9.06. The molecule has 1 aromatic heterocycles. The molecule has 7 nitrogen and oxygen atoms in total. The molecule has 0 spiro atoms. The minimum Gasteiger partial charge on any atom is -0.495 e. The fourth-order valence-electron chi connectivity index (χ4n) is 1.66. The van der Waals surface area contributed by atoms with Gasteiger partial charge in [0.15, 0.2) is 16.3 Å². The number of para-hydroxylation sites is 1. The fourth-order valence-corrected chi connectivity index (χ4v) is 1.72. The first-order chi connectivity index (χ1) is 9.67. The summed E-state index contributed by atoms with van der Waals surface area (Å²) in [6.45, 7) is 0. The van der Waals surface area contributed by atoms with E-state index in [-0.39, 0.29) is 5.56 Å². The minimum atomic E-state index is -1.11. The number of methoxy groups -OCH3 is 1. The lowest BCUT2D eigenvalue weighted by Crippen LogP contribution is -2.27. The summed E-state index contributed by atoms with van der Waals surface area (Å²) in [4.78, 5) is 31.1. The molecule has 1 heterocycles. The van der Waals surface area contributed by atoms with E-state index in [1.165, 1.54) is 13.3 Å². The molecule has 1 N–H and O–H groups in total. The molecular formula is C12H9BrN2O5. The number of halogens is 1. The minimum absolute atomic E-state index is 0.133. The Morgan fingerprint density at radius 3 is 2.75 bits per heavy atom. The maximum absolute atomic E-state index is 11.9. The van der Waals surface area contributed by atoms with Crippen molar-refractivity contribution in [1.82, 2.24) is 10.5 Å². The molecule has 0 fully saturated rings. The highest BCUT2D eigenvalue weighted by atomic mass is 79.9. The van der Waals surface area contributed by atoms with Gasteiger partial charge in [-0.3, -0.25) is 9.78 Å². The van der Waals surface area contributed by atoms with Crippen LogP contribution >= 0.6 is 16.3 Å². The molecule has 0 saturated heterocycles. The van der Waals surface area contributed by atoms with Gasteiger partial charge >= 0.3 is 6.16 Å². The molecule has 104 valence electrons. The zero-order valence-corrected chi connectivity index (χ0v) is 11.8. The summed E-state index contributed by atoms with van der Waals surface area (Å²) < 4.78 is 9.28. The van der Waals surface area contributed by atoms with Crippen LogP contribution in [0.5, 0.6) is 5.75 Å². The Kier molecular flexibility index (Phi) is 4.36. The third-order valence-corrected chi connectivity index (χ3v) is 2.73. The van der Waals surface area contributed by atoms with Gasteiger partial charge in [-0.15, -0.1) is 0 Å². The first kappa shape index (κ1) is 14.1. The van der Waals surface area contributed by atoms with Gasteiger partial charge in [0.1, 0.15) is 11.3 Å². The zero-order chi connectivity index (χ0) is 14.5. The SMILES string of the molecule is COc1c(C(=O)NOC(=O)OBr)cnc2ccccc12. The lowest BCUT2D eigenvalue weighted by Gasteiger charge is -2.10. The second-order valence-corrected chi connectivity index (χ2v) is 3.91. The van der Waals surface area contributed by atoms with E-state index in [1.54, 1.807) is 18.2 Å². The molecule has 0 aliphatic heterocycles. The maximum atomic E-state index is 11.9. The molecule has 1 amide bonds. The van der Waals surface area contributed by atoms with Crippen LogP contribution in [-0.4, -0.2) is 24.2 Å². The number of ether oxygens (including phenoxy) is 1.